The third-order valence-corrected chi connectivity index (χ3v) is 4.07. The molecule has 0 aliphatic rings. The van der Waals surface area contributed by atoms with Gasteiger partial charge in [0, 0.05) is 0 Å². The van der Waals surface area contributed by atoms with E-state index in [1.807, 2.05) is 0 Å². The molecule has 1 aromatic heterocycles. The molecule has 98 valence electrons. The molecule has 1 aromatic rings. The SMILES string of the molecule is CSc1nnc([C@H](O)[C@@H](O)[C@H](O)[C@H](O)CO)s1. The predicted molar refractivity (Wildman–Crippen MR) is 61.8 cm³/mol. The van der Waals surface area contributed by atoms with Crippen molar-refractivity contribution in [3.05, 3.63) is 5.01 Å². The number of rotatable bonds is 6. The lowest BCUT2D eigenvalue weighted by molar-refractivity contribution is -0.116. The molecule has 0 aliphatic heterocycles. The number of thioether (sulfide) groups is 1. The molecule has 0 unspecified atom stereocenters. The van der Waals surface area contributed by atoms with E-state index in [-0.39, 0.29) is 5.01 Å². The standard InChI is InChI=1S/C8H14N2O5S2/c1-16-8-10-9-7(17-8)6(15)5(14)4(13)3(12)2-11/h3-6,11-15H,2H2,1H3/t3-,4-,5+,6-/m1/s1. The zero-order valence-corrected chi connectivity index (χ0v) is 10.6. The van der Waals surface area contributed by atoms with Crippen molar-refractivity contribution in [3.63, 3.8) is 0 Å². The highest BCUT2D eigenvalue weighted by molar-refractivity contribution is 8.00. The van der Waals surface area contributed by atoms with Gasteiger partial charge in [0.1, 0.15) is 29.4 Å². The molecular formula is C8H14N2O5S2. The van der Waals surface area contributed by atoms with Crippen LogP contribution in [0.1, 0.15) is 11.1 Å². The van der Waals surface area contributed by atoms with Crippen LogP contribution in [0.15, 0.2) is 4.34 Å². The van der Waals surface area contributed by atoms with Crippen molar-refractivity contribution < 1.29 is 25.5 Å². The first kappa shape index (κ1) is 14.8. The molecule has 0 spiro atoms. The predicted octanol–water partition coefficient (Wildman–Crippen LogP) is -1.63. The Bertz CT molecular complexity index is 350. The molecule has 0 bridgehead atoms. The Hall–Kier alpha value is -0.290. The molecule has 4 atom stereocenters. The van der Waals surface area contributed by atoms with Gasteiger partial charge < -0.3 is 25.5 Å². The number of aliphatic hydroxyl groups is 5. The topological polar surface area (TPSA) is 127 Å². The zero-order valence-electron chi connectivity index (χ0n) is 8.96. The van der Waals surface area contributed by atoms with Crippen LogP contribution in [0.5, 0.6) is 0 Å². The van der Waals surface area contributed by atoms with E-state index in [0.717, 1.165) is 11.3 Å². The van der Waals surface area contributed by atoms with Gasteiger partial charge in [-0.15, -0.1) is 10.2 Å². The van der Waals surface area contributed by atoms with Crippen LogP contribution < -0.4 is 0 Å². The summed E-state index contributed by atoms with van der Waals surface area (Å²) >= 11 is 2.42. The van der Waals surface area contributed by atoms with E-state index in [1.165, 1.54) is 11.8 Å². The lowest BCUT2D eigenvalue weighted by atomic mass is 10.0. The molecule has 7 nitrogen and oxygen atoms in total. The highest BCUT2D eigenvalue weighted by atomic mass is 32.2. The highest BCUT2D eigenvalue weighted by Gasteiger charge is 2.32. The van der Waals surface area contributed by atoms with Gasteiger partial charge in [0.2, 0.25) is 0 Å². The van der Waals surface area contributed by atoms with E-state index in [9.17, 15) is 15.3 Å². The molecule has 0 aromatic carbocycles. The van der Waals surface area contributed by atoms with E-state index in [1.54, 1.807) is 6.26 Å². The van der Waals surface area contributed by atoms with Crippen molar-refractivity contribution in [3.8, 4) is 0 Å². The molecular weight excluding hydrogens is 268 g/mol. The molecule has 5 N–H and O–H groups in total. The normalized spacial score (nSPS) is 18.7. The Kier molecular flexibility index (Phi) is 5.73. The average Bonchev–Trinajstić information content (AvgIpc) is 2.83. The van der Waals surface area contributed by atoms with Gasteiger partial charge >= 0.3 is 0 Å². The van der Waals surface area contributed by atoms with Crippen LogP contribution in [0.25, 0.3) is 0 Å². The van der Waals surface area contributed by atoms with E-state index in [2.05, 4.69) is 10.2 Å². The molecule has 0 aliphatic carbocycles. The first-order chi connectivity index (χ1) is 8.01. The molecule has 1 heterocycles. The monoisotopic (exact) mass is 282 g/mol. The first-order valence-corrected chi connectivity index (χ1v) is 6.76. The fraction of sp³-hybridized carbons (Fsp3) is 0.750. The van der Waals surface area contributed by atoms with E-state index < -0.39 is 31.0 Å². The summed E-state index contributed by atoms with van der Waals surface area (Å²) in [7, 11) is 0. The summed E-state index contributed by atoms with van der Waals surface area (Å²) in [5, 5.41) is 54.0. The van der Waals surface area contributed by atoms with Crippen molar-refractivity contribution >= 4 is 23.1 Å². The molecule has 0 amide bonds. The molecule has 0 saturated heterocycles. The lowest BCUT2D eigenvalue weighted by Crippen LogP contribution is -2.42. The number of nitrogens with zero attached hydrogens (tertiary/aromatic N) is 2. The third-order valence-electron chi connectivity index (χ3n) is 2.10. The Balaban J connectivity index is 2.71. The second kappa shape index (κ2) is 6.59. The molecule has 17 heavy (non-hydrogen) atoms. The van der Waals surface area contributed by atoms with Crippen LogP contribution in [0, 0.1) is 0 Å². The summed E-state index contributed by atoms with van der Waals surface area (Å²) in [6.45, 7) is -0.711. The van der Waals surface area contributed by atoms with Gasteiger partial charge in [0.05, 0.1) is 6.61 Å². The largest absolute Gasteiger partial charge is 0.394 e. The second-order valence-corrected chi connectivity index (χ2v) is 5.35. The van der Waals surface area contributed by atoms with Crippen LogP contribution in [-0.2, 0) is 0 Å². The Morgan fingerprint density at radius 2 is 1.82 bits per heavy atom. The maximum atomic E-state index is 9.71. The Labute approximate surface area is 106 Å². The number of aliphatic hydroxyl groups excluding tert-OH is 5. The summed E-state index contributed by atoms with van der Waals surface area (Å²) in [6, 6.07) is 0. The van der Waals surface area contributed by atoms with Gasteiger partial charge in [-0.05, 0) is 6.26 Å². The third kappa shape index (κ3) is 3.58. The maximum Gasteiger partial charge on any atom is 0.174 e. The van der Waals surface area contributed by atoms with Crippen molar-refractivity contribution in [2.24, 2.45) is 0 Å². The van der Waals surface area contributed by atoms with Crippen LogP contribution in [0.3, 0.4) is 0 Å². The van der Waals surface area contributed by atoms with Gasteiger partial charge in [0.25, 0.3) is 0 Å². The summed E-state index contributed by atoms with van der Waals surface area (Å²) in [5.74, 6) is 0. The van der Waals surface area contributed by atoms with Gasteiger partial charge in [-0.1, -0.05) is 23.1 Å². The van der Waals surface area contributed by atoms with Crippen LogP contribution in [0.2, 0.25) is 0 Å². The zero-order chi connectivity index (χ0) is 13.0. The summed E-state index contributed by atoms with van der Waals surface area (Å²) in [4.78, 5) is 0. The van der Waals surface area contributed by atoms with Crippen molar-refractivity contribution in [1.82, 2.24) is 10.2 Å². The quantitative estimate of drug-likeness (QED) is 0.394. The molecule has 9 heteroatoms. The lowest BCUT2D eigenvalue weighted by Gasteiger charge is -2.24. The molecule has 0 saturated carbocycles. The maximum absolute atomic E-state index is 9.71. The van der Waals surface area contributed by atoms with Gasteiger partial charge in [-0.2, -0.15) is 0 Å². The fourth-order valence-electron chi connectivity index (χ4n) is 1.09. The fourth-order valence-corrected chi connectivity index (χ4v) is 2.41. The minimum Gasteiger partial charge on any atom is -0.394 e. The van der Waals surface area contributed by atoms with Crippen LogP contribution in [0.4, 0.5) is 0 Å². The minimum absolute atomic E-state index is 0.144. The first-order valence-electron chi connectivity index (χ1n) is 4.71. The van der Waals surface area contributed by atoms with Gasteiger partial charge in [0.15, 0.2) is 4.34 Å². The number of aromatic nitrogens is 2. The molecule has 1 rings (SSSR count). The Morgan fingerprint density at radius 3 is 2.29 bits per heavy atom. The van der Waals surface area contributed by atoms with Crippen LogP contribution >= 0.6 is 23.1 Å². The minimum atomic E-state index is -1.66. The van der Waals surface area contributed by atoms with E-state index >= 15 is 0 Å². The summed E-state index contributed by atoms with van der Waals surface area (Å²) < 4.78 is 0.614. The smallest absolute Gasteiger partial charge is 0.174 e. The second-order valence-electron chi connectivity index (χ2n) is 3.29. The highest BCUT2D eigenvalue weighted by Crippen LogP contribution is 2.27. The molecule has 0 fully saturated rings. The number of hydrogen-bond acceptors (Lipinski definition) is 9. The van der Waals surface area contributed by atoms with Gasteiger partial charge in [-0.25, -0.2) is 0 Å². The van der Waals surface area contributed by atoms with Crippen molar-refractivity contribution in [2.75, 3.05) is 12.9 Å². The molecule has 0 radical (unpaired) electrons. The summed E-state index contributed by atoms with van der Waals surface area (Å²) in [5.41, 5.74) is 0. The van der Waals surface area contributed by atoms with Gasteiger partial charge in [-0.3, -0.25) is 0 Å². The average molecular weight is 282 g/mol. The number of hydrogen-bond donors (Lipinski definition) is 5. The summed E-state index contributed by atoms with van der Waals surface area (Å²) in [6.07, 6.45) is -4.48. The van der Waals surface area contributed by atoms with E-state index in [0.29, 0.717) is 4.34 Å². The van der Waals surface area contributed by atoms with Crippen molar-refractivity contribution in [2.45, 2.75) is 28.8 Å². The Morgan fingerprint density at radius 1 is 1.18 bits per heavy atom. The van der Waals surface area contributed by atoms with E-state index in [4.69, 9.17) is 10.2 Å². The van der Waals surface area contributed by atoms with Crippen LogP contribution in [-0.4, -0.2) is 66.9 Å². The van der Waals surface area contributed by atoms with Crippen molar-refractivity contribution in [1.29, 1.82) is 0 Å².